The fraction of sp³-hybridized carbons (Fsp3) is 1.00. The van der Waals surface area contributed by atoms with Gasteiger partial charge in [-0.25, -0.2) is 0 Å². The van der Waals surface area contributed by atoms with Crippen molar-refractivity contribution in [3.8, 4) is 0 Å². The predicted molar refractivity (Wildman–Crippen MR) is 65.9 cm³/mol. The van der Waals surface area contributed by atoms with Crippen molar-refractivity contribution in [2.45, 2.75) is 50.0 Å². The van der Waals surface area contributed by atoms with Gasteiger partial charge in [0.15, 0.2) is 5.79 Å². The first-order valence-electron chi connectivity index (χ1n) is 7.02. The molecule has 1 N–H and O–H groups in total. The van der Waals surface area contributed by atoms with E-state index in [-0.39, 0.29) is 5.79 Å². The molecule has 0 unspecified atom stereocenters. The number of ether oxygens (including phenoxy) is 2. The van der Waals surface area contributed by atoms with E-state index in [1.165, 1.54) is 25.9 Å². The Balaban J connectivity index is 1.72. The Kier molecular flexibility index (Phi) is 3.39. The lowest BCUT2D eigenvalue weighted by atomic mass is 9.85. The standard InChI is InChI=1S/C13H24N2O2/c1-14-11-4-5-13(16-8-9-17-13)10-12(11)15-6-2-3-7-15/h11-12,14H,2-10H2,1H3/t11-,12-/m0/s1. The van der Waals surface area contributed by atoms with Crippen LogP contribution in [0.5, 0.6) is 0 Å². The van der Waals surface area contributed by atoms with Crippen LogP contribution in [0.15, 0.2) is 0 Å². The van der Waals surface area contributed by atoms with Gasteiger partial charge in [-0.05, 0) is 39.4 Å². The van der Waals surface area contributed by atoms with E-state index in [4.69, 9.17) is 9.47 Å². The Morgan fingerprint density at radius 3 is 2.53 bits per heavy atom. The summed E-state index contributed by atoms with van der Waals surface area (Å²) in [5.41, 5.74) is 0. The van der Waals surface area contributed by atoms with Crippen molar-refractivity contribution in [3.05, 3.63) is 0 Å². The Hall–Kier alpha value is -0.160. The average molecular weight is 240 g/mol. The molecule has 17 heavy (non-hydrogen) atoms. The number of likely N-dealkylation sites (tertiary alicyclic amines) is 1. The summed E-state index contributed by atoms with van der Waals surface area (Å²) in [5.74, 6) is -0.249. The summed E-state index contributed by atoms with van der Waals surface area (Å²) in [6, 6.07) is 1.20. The summed E-state index contributed by atoms with van der Waals surface area (Å²) in [7, 11) is 2.09. The molecular formula is C13H24N2O2. The van der Waals surface area contributed by atoms with Gasteiger partial charge >= 0.3 is 0 Å². The molecule has 3 fully saturated rings. The number of likely N-dealkylation sites (N-methyl/N-ethyl adjacent to an activating group) is 1. The van der Waals surface area contributed by atoms with Crippen LogP contribution >= 0.6 is 0 Å². The molecule has 2 aliphatic heterocycles. The molecule has 1 spiro atoms. The van der Waals surface area contributed by atoms with Crippen LogP contribution in [0.3, 0.4) is 0 Å². The van der Waals surface area contributed by atoms with E-state index in [1.54, 1.807) is 0 Å². The number of nitrogens with one attached hydrogen (secondary N) is 1. The van der Waals surface area contributed by atoms with Crippen molar-refractivity contribution in [2.24, 2.45) is 0 Å². The second-order valence-corrected chi connectivity index (χ2v) is 5.56. The van der Waals surface area contributed by atoms with E-state index < -0.39 is 0 Å². The smallest absolute Gasteiger partial charge is 0.170 e. The highest BCUT2D eigenvalue weighted by Crippen LogP contribution is 2.38. The molecule has 0 aromatic heterocycles. The van der Waals surface area contributed by atoms with Gasteiger partial charge in [-0.1, -0.05) is 0 Å². The minimum Gasteiger partial charge on any atom is -0.347 e. The molecule has 0 amide bonds. The maximum absolute atomic E-state index is 5.89. The van der Waals surface area contributed by atoms with E-state index in [9.17, 15) is 0 Å². The van der Waals surface area contributed by atoms with Gasteiger partial charge in [-0.3, -0.25) is 4.90 Å². The Labute approximate surface area is 104 Å². The number of nitrogens with zero attached hydrogens (tertiary/aromatic N) is 1. The molecule has 1 aliphatic carbocycles. The van der Waals surface area contributed by atoms with Crippen LogP contribution in [0.4, 0.5) is 0 Å². The van der Waals surface area contributed by atoms with E-state index >= 15 is 0 Å². The zero-order chi connectivity index (χ0) is 11.7. The topological polar surface area (TPSA) is 33.7 Å². The van der Waals surface area contributed by atoms with Gasteiger partial charge in [-0.2, -0.15) is 0 Å². The lowest BCUT2D eigenvalue weighted by Gasteiger charge is -2.44. The van der Waals surface area contributed by atoms with E-state index in [2.05, 4.69) is 17.3 Å². The molecule has 1 saturated carbocycles. The van der Waals surface area contributed by atoms with Crippen molar-refractivity contribution < 1.29 is 9.47 Å². The molecular weight excluding hydrogens is 216 g/mol. The number of hydrogen-bond donors (Lipinski definition) is 1. The highest BCUT2D eigenvalue weighted by Gasteiger charge is 2.46. The molecule has 2 saturated heterocycles. The molecule has 2 atom stereocenters. The van der Waals surface area contributed by atoms with Crippen LogP contribution in [0.25, 0.3) is 0 Å². The van der Waals surface area contributed by atoms with Gasteiger partial charge in [0.2, 0.25) is 0 Å². The second kappa shape index (κ2) is 4.84. The molecule has 3 aliphatic rings. The maximum atomic E-state index is 5.89. The van der Waals surface area contributed by atoms with E-state index in [0.29, 0.717) is 12.1 Å². The summed E-state index contributed by atoms with van der Waals surface area (Å²) < 4.78 is 11.8. The minimum atomic E-state index is -0.249. The number of hydrogen-bond acceptors (Lipinski definition) is 4. The Morgan fingerprint density at radius 2 is 1.88 bits per heavy atom. The fourth-order valence-electron chi connectivity index (χ4n) is 3.68. The summed E-state index contributed by atoms with van der Waals surface area (Å²) in [6.45, 7) is 4.05. The molecule has 0 radical (unpaired) electrons. The summed E-state index contributed by atoms with van der Waals surface area (Å²) >= 11 is 0. The molecule has 98 valence electrons. The third-order valence-electron chi connectivity index (χ3n) is 4.61. The first-order chi connectivity index (χ1) is 8.33. The summed E-state index contributed by atoms with van der Waals surface area (Å²) in [6.07, 6.45) is 5.95. The van der Waals surface area contributed by atoms with Gasteiger partial charge in [0, 0.05) is 24.9 Å². The monoisotopic (exact) mass is 240 g/mol. The quantitative estimate of drug-likeness (QED) is 0.780. The highest BCUT2D eigenvalue weighted by molar-refractivity contribution is 4.96. The normalized spacial score (nSPS) is 37.9. The van der Waals surface area contributed by atoms with Crippen LogP contribution in [-0.2, 0) is 9.47 Å². The first kappa shape index (κ1) is 11.9. The fourth-order valence-corrected chi connectivity index (χ4v) is 3.68. The van der Waals surface area contributed by atoms with Crippen LogP contribution in [0, 0.1) is 0 Å². The van der Waals surface area contributed by atoms with Crippen LogP contribution in [0.1, 0.15) is 32.1 Å². The maximum Gasteiger partial charge on any atom is 0.170 e. The lowest BCUT2D eigenvalue weighted by molar-refractivity contribution is -0.192. The van der Waals surface area contributed by atoms with Gasteiger partial charge < -0.3 is 14.8 Å². The average Bonchev–Trinajstić information content (AvgIpc) is 3.00. The molecule has 3 rings (SSSR count). The third-order valence-corrected chi connectivity index (χ3v) is 4.61. The molecule has 4 heteroatoms. The summed E-state index contributed by atoms with van der Waals surface area (Å²) in [4.78, 5) is 2.63. The van der Waals surface area contributed by atoms with Gasteiger partial charge in [-0.15, -0.1) is 0 Å². The van der Waals surface area contributed by atoms with Crippen LogP contribution in [0.2, 0.25) is 0 Å². The zero-order valence-corrected chi connectivity index (χ0v) is 10.8. The second-order valence-electron chi connectivity index (χ2n) is 5.56. The minimum absolute atomic E-state index is 0.249. The predicted octanol–water partition coefficient (Wildman–Crippen LogP) is 0.966. The SMILES string of the molecule is CN[C@H]1CCC2(C[C@@H]1N1CCCC1)OCCO2. The third kappa shape index (κ3) is 2.24. The lowest BCUT2D eigenvalue weighted by Crippen LogP contribution is -2.56. The highest BCUT2D eigenvalue weighted by atomic mass is 16.7. The molecule has 2 heterocycles. The van der Waals surface area contributed by atoms with Crippen LogP contribution in [-0.4, -0.2) is 56.1 Å². The number of rotatable bonds is 2. The molecule has 4 nitrogen and oxygen atoms in total. The van der Waals surface area contributed by atoms with Crippen molar-refractivity contribution >= 4 is 0 Å². The molecule has 0 aromatic rings. The van der Waals surface area contributed by atoms with Crippen molar-refractivity contribution in [2.75, 3.05) is 33.4 Å². The van der Waals surface area contributed by atoms with E-state index in [1.807, 2.05) is 0 Å². The Morgan fingerprint density at radius 1 is 1.18 bits per heavy atom. The zero-order valence-electron chi connectivity index (χ0n) is 10.8. The van der Waals surface area contributed by atoms with Crippen molar-refractivity contribution in [1.29, 1.82) is 0 Å². The molecule has 0 bridgehead atoms. The van der Waals surface area contributed by atoms with Crippen LogP contribution < -0.4 is 5.32 Å². The Bertz CT molecular complexity index is 258. The van der Waals surface area contributed by atoms with Crippen molar-refractivity contribution in [3.63, 3.8) is 0 Å². The van der Waals surface area contributed by atoms with E-state index in [0.717, 1.165) is 32.5 Å². The molecule has 0 aromatic carbocycles. The van der Waals surface area contributed by atoms with Gasteiger partial charge in [0.25, 0.3) is 0 Å². The van der Waals surface area contributed by atoms with Gasteiger partial charge in [0.05, 0.1) is 13.2 Å². The first-order valence-corrected chi connectivity index (χ1v) is 7.02. The largest absolute Gasteiger partial charge is 0.347 e. The summed E-state index contributed by atoms with van der Waals surface area (Å²) in [5, 5.41) is 3.48. The van der Waals surface area contributed by atoms with Crippen molar-refractivity contribution in [1.82, 2.24) is 10.2 Å². The van der Waals surface area contributed by atoms with Gasteiger partial charge in [0.1, 0.15) is 0 Å².